The fraction of sp³-hybridized carbons (Fsp3) is 0.312. The smallest absolute Gasteiger partial charge is 0.337 e. The van der Waals surface area contributed by atoms with Crippen LogP contribution in [0.5, 0.6) is 5.75 Å². The topological polar surface area (TPSA) is 114 Å². The molecule has 0 aliphatic carbocycles. The van der Waals surface area contributed by atoms with Gasteiger partial charge in [-0.05, 0) is 24.6 Å². The summed E-state index contributed by atoms with van der Waals surface area (Å²) in [6, 6.07) is 6.59. The van der Waals surface area contributed by atoms with Crippen LogP contribution in [-0.2, 0) is 14.3 Å². The summed E-state index contributed by atoms with van der Waals surface area (Å²) >= 11 is 0. The molecule has 8 heteroatoms. The summed E-state index contributed by atoms with van der Waals surface area (Å²) in [4.78, 5) is 34.3. The maximum absolute atomic E-state index is 11.8. The van der Waals surface area contributed by atoms with Crippen LogP contribution in [0.15, 0.2) is 35.6 Å². The molecular formula is C16H18N2O6. The van der Waals surface area contributed by atoms with Gasteiger partial charge in [-0.15, -0.1) is 0 Å². The summed E-state index contributed by atoms with van der Waals surface area (Å²) < 4.78 is 10.1. The second-order valence-electron chi connectivity index (χ2n) is 4.99. The van der Waals surface area contributed by atoms with Gasteiger partial charge in [0.15, 0.2) is 5.76 Å². The van der Waals surface area contributed by atoms with Crippen LogP contribution >= 0.6 is 0 Å². The highest BCUT2D eigenvalue weighted by atomic mass is 16.5. The maximum atomic E-state index is 11.8. The molecule has 128 valence electrons. The van der Waals surface area contributed by atoms with Gasteiger partial charge in [-0.3, -0.25) is 9.59 Å². The van der Waals surface area contributed by atoms with Gasteiger partial charge >= 0.3 is 5.97 Å². The Labute approximate surface area is 138 Å². The second kappa shape index (κ2) is 8.00. The van der Waals surface area contributed by atoms with Crippen LogP contribution in [0.3, 0.4) is 0 Å². The van der Waals surface area contributed by atoms with Gasteiger partial charge in [0, 0.05) is 6.54 Å². The molecule has 0 unspecified atom stereocenters. The number of carbonyl (C=O) groups is 3. The molecule has 0 saturated heterocycles. The first-order valence-corrected chi connectivity index (χ1v) is 7.32. The first-order valence-electron chi connectivity index (χ1n) is 7.32. The lowest BCUT2D eigenvalue weighted by atomic mass is 10.2. The molecular weight excluding hydrogens is 316 g/mol. The highest BCUT2D eigenvalue weighted by Gasteiger charge is 2.26. The van der Waals surface area contributed by atoms with Gasteiger partial charge in [-0.2, -0.15) is 0 Å². The number of methoxy groups -OCH3 is 1. The van der Waals surface area contributed by atoms with E-state index in [1.807, 2.05) is 0 Å². The molecule has 0 radical (unpaired) electrons. The zero-order chi connectivity index (χ0) is 17.5. The largest absolute Gasteiger partial charge is 0.503 e. The summed E-state index contributed by atoms with van der Waals surface area (Å²) in [5, 5.41) is 14.4. The average molecular weight is 334 g/mol. The van der Waals surface area contributed by atoms with Crippen LogP contribution in [-0.4, -0.2) is 49.7 Å². The summed E-state index contributed by atoms with van der Waals surface area (Å²) in [6.45, 7) is 0.668. The van der Waals surface area contributed by atoms with Gasteiger partial charge in [-0.1, -0.05) is 6.07 Å². The Morgan fingerprint density at radius 1 is 1.38 bits per heavy atom. The van der Waals surface area contributed by atoms with Crippen LogP contribution in [0, 0.1) is 0 Å². The number of carbonyl (C=O) groups excluding carboxylic acids is 3. The van der Waals surface area contributed by atoms with Crippen molar-refractivity contribution in [2.24, 2.45) is 0 Å². The number of nitrogens with one attached hydrogen (secondary N) is 2. The molecule has 0 fully saturated rings. The molecule has 2 amide bonds. The Morgan fingerprint density at radius 2 is 2.17 bits per heavy atom. The third kappa shape index (κ3) is 4.25. The zero-order valence-corrected chi connectivity index (χ0v) is 13.1. The molecule has 1 aromatic rings. The molecule has 3 N–H and O–H groups in total. The van der Waals surface area contributed by atoms with Crippen LogP contribution in [0.1, 0.15) is 16.8 Å². The predicted octanol–water partition coefficient (Wildman–Crippen LogP) is 0.300. The molecule has 1 heterocycles. The van der Waals surface area contributed by atoms with Gasteiger partial charge in [0.1, 0.15) is 5.75 Å². The summed E-state index contributed by atoms with van der Waals surface area (Å²) in [6.07, 6.45) is 0.517. The monoisotopic (exact) mass is 334 g/mol. The lowest BCUT2D eigenvalue weighted by molar-refractivity contribution is -0.120. The van der Waals surface area contributed by atoms with Gasteiger partial charge in [0.2, 0.25) is 0 Å². The number of esters is 1. The SMILES string of the molecule is COC(=O)c1cccc(OCCCNC(=O)C2=C(O)C(=O)NC2)c1. The van der Waals surface area contributed by atoms with Crippen molar-refractivity contribution in [1.29, 1.82) is 0 Å². The van der Waals surface area contributed by atoms with Crippen molar-refractivity contribution in [2.45, 2.75) is 6.42 Å². The Balaban J connectivity index is 1.73. The molecule has 0 spiro atoms. The second-order valence-corrected chi connectivity index (χ2v) is 4.99. The van der Waals surface area contributed by atoms with E-state index in [1.165, 1.54) is 7.11 Å². The Bertz CT molecular complexity index is 683. The van der Waals surface area contributed by atoms with Crippen LogP contribution in [0.4, 0.5) is 0 Å². The van der Waals surface area contributed by atoms with Crippen molar-refractivity contribution in [3.05, 3.63) is 41.2 Å². The number of amides is 2. The number of benzene rings is 1. The normalized spacial score (nSPS) is 13.5. The third-order valence-corrected chi connectivity index (χ3v) is 3.33. The molecule has 1 aromatic carbocycles. The Hall–Kier alpha value is -3.03. The van der Waals surface area contributed by atoms with Crippen molar-refractivity contribution in [3.8, 4) is 5.75 Å². The van der Waals surface area contributed by atoms with Gasteiger partial charge < -0.3 is 25.2 Å². The standard InChI is InChI=1S/C16H18N2O6/c1-23-16(22)10-4-2-5-11(8-10)24-7-3-6-17-14(20)12-9-18-15(21)13(12)19/h2,4-5,8,19H,3,6-7,9H2,1H3,(H,17,20)(H,18,21). The van der Waals surface area contributed by atoms with E-state index in [-0.39, 0.29) is 12.1 Å². The molecule has 2 rings (SSSR count). The van der Waals surface area contributed by atoms with Gasteiger partial charge in [0.05, 0.1) is 31.4 Å². The van der Waals surface area contributed by atoms with Crippen molar-refractivity contribution < 1.29 is 29.0 Å². The lowest BCUT2D eigenvalue weighted by Gasteiger charge is -2.08. The third-order valence-electron chi connectivity index (χ3n) is 3.33. The molecule has 8 nitrogen and oxygen atoms in total. The Morgan fingerprint density at radius 3 is 2.83 bits per heavy atom. The minimum atomic E-state index is -0.644. The number of rotatable bonds is 7. The fourth-order valence-corrected chi connectivity index (χ4v) is 2.06. The minimum Gasteiger partial charge on any atom is -0.503 e. The molecule has 1 aliphatic rings. The van der Waals surface area contributed by atoms with E-state index >= 15 is 0 Å². The van der Waals surface area contributed by atoms with Crippen molar-refractivity contribution in [2.75, 3.05) is 26.8 Å². The highest BCUT2D eigenvalue weighted by Crippen LogP contribution is 2.14. The van der Waals surface area contributed by atoms with Crippen molar-refractivity contribution in [3.63, 3.8) is 0 Å². The zero-order valence-electron chi connectivity index (χ0n) is 13.1. The Kier molecular flexibility index (Phi) is 5.78. The van der Waals surface area contributed by atoms with Crippen molar-refractivity contribution >= 4 is 17.8 Å². The number of aliphatic hydroxyl groups is 1. The maximum Gasteiger partial charge on any atom is 0.337 e. The van der Waals surface area contributed by atoms with Crippen LogP contribution in [0.2, 0.25) is 0 Å². The summed E-state index contributed by atoms with van der Waals surface area (Å²) in [5.41, 5.74) is 0.427. The average Bonchev–Trinajstić information content (AvgIpc) is 2.93. The van der Waals surface area contributed by atoms with E-state index in [0.717, 1.165) is 0 Å². The molecule has 24 heavy (non-hydrogen) atoms. The number of aliphatic hydroxyl groups excluding tert-OH is 1. The van der Waals surface area contributed by atoms with Gasteiger partial charge in [0.25, 0.3) is 11.8 Å². The molecule has 0 atom stereocenters. The lowest BCUT2D eigenvalue weighted by Crippen LogP contribution is -2.29. The number of hydrogen-bond acceptors (Lipinski definition) is 6. The summed E-state index contributed by atoms with van der Waals surface area (Å²) in [5.74, 6) is -1.59. The van der Waals surface area contributed by atoms with E-state index < -0.39 is 23.5 Å². The first kappa shape index (κ1) is 17.3. The number of hydrogen-bond donors (Lipinski definition) is 3. The number of ether oxygens (including phenoxy) is 2. The quantitative estimate of drug-likeness (QED) is 0.488. The van der Waals surface area contributed by atoms with Crippen LogP contribution < -0.4 is 15.4 Å². The molecule has 0 saturated carbocycles. The highest BCUT2D eigenvalue weighted by molar-refractivity contribution is 6.06. The first-order chi connectivity index (χ1) is 11.5. The molecule has 1 aliphatic heterocycles. The van der Waals surface area contributed by atoms with E-state index in [2.05, 4.69) is 15.4 Å². The van der Waals surface area contributed by atoms with E-state index in [9.17, 15) is 19.5 Å². The van der Waals surface area contributed by atoms with Gasteiger partial charge in [-0.25, -0.2) is 4.79 Å². The van der Waals surface area contributed by atoms with E-state index in [0.29, 0.717) is 30.9 Å². The minimum absolute atomic E-state index is 0.0212. The predicted molar refractivity (Wildman–Crippen MR) is 83.6 cm³/mol. The fourth-order valence-electron chi connectivity index (χ4n) is 2.06. The van der Waals surface area contributed by atoms with E-state index in [4.69, 9.17) is 4.74 Å². The molecule has 0 bridgehead atoms. The van der Waals surface area contributed by atoms with E-state index in [1.54, 1.807) is 24.3 Å². The van der Waals surface area contributed by atoms with Crippen molar-refractivity contribution in [1.82, 2.24) is 10.6 Å². The summed E-state index contributed by atoms with van der Waals surface area (Å²) in [7, 11) is 1.30. The van der Waals surface area contributed by atoms with Crippen LogP contribution in [0.25, 0.3) is 0 Å². The molecule has 0 aromatic heterocycles.